The van der Waals surface area contributed by atoms with Gasteiger partial charge in [-0.3, -0.25) is 4.79 Å². The molecule has 1 N–H and O–H groups in total. The highest BCUT2D eigenvalue weighted by Gasteiger charge is 2.00. The summed E-state index contributed by atoms with van der Waals surface area (Å²) in [5, 5.41) is 11.1. The fourth-order valence-electron chi connectivity index (χ4n) is 1.30. The molecule has 0 radical (unpaired) electrons. The molecule has 0 saturated carbocycles. The van der Waals surface area contributed by atoms with E-state index in [2.05, 4.69) is 24.1 Å². The maximum atomic E-state index is 11.4. The number of amides is 1. The molecule has 17 heavy (non-hydrogen) atoms. The van der Waals surface area contributed by atoms with Gasteiger partial charge in [0.25, 0.3) is 0 Å². The van der Waals surface area contributed by atoms with Crippen LogP contribution in [0.3, 0.4) is 0 Å². The number of nitriles is 1. The Morgan fingerprint density at radius 2 is 2.06 bits per heavy atom. The summed E-state index contributed by atoms with van der Waals surface area (Å²) in [7, 11) is 0. The van der Waals surface area contributed by atoms with Crippen LogP contribution < -0.4 is 5.32 Å². The summed E-state index contributed by atoms with van der Waals surface area (Å²) >= 11 is 0. The van der Waals surface area contributed by atoms with Crippen LogP contribution in [0.1, 0.15) is 31.7 Å². The van der Waals surface area contributed by atoms with Crippen molar-refractivity contribution in [2.75, 3.05) is 5.32 Å². The summed E-state index contributed by atoms with van der Waals surface area (Å²) in [4.78, 5) is 11.4. The minimum Gasteiger partial charge on any atom is -0.326 e. The molecule has 0 atom stereocenters. The molecule has 0 heterocycles. The number of anilines is 1. The summed E-state index contributed by atoms with van der Waals surface area (Å²) in [5.74, 6) is 5.04. The molecule has 0 unspecified atom stereocenters. The van der Waals surface area contributed by atoms with Gasteiger partial charge in [-0.2, -0.15) is 5.26 Å². The Morgan fingerprint density at radius 1 is 1.35 bits per heavy atom. The van der Waals surface area contributed by atoms with E-state index in [0.29, 0.717) is 6.42 Å². The molecular weight excluding hydrogens is 212 g/mol. The number of nitrogens with zero attached hydrogens (tertiary/aromatic N) is 1. The largest absolute Gasteiger partial charge is 0.326 e. The third-order valence-corrected chi connectivity index (χ3v) is 2.19. The van der Waals surface area contributed by atoms with Crippen LogP contribution in [0, 0.1) is 23.2 Å². The second-order valence-corrected chi connectivity index (χ2v) is 3.59. The Labute approximate surface area is 101 Å². The van der Waals surface area contributed by atoms with E-state index in [-0.39, 0.29) is 5.91 Å². The summed E-state index contributed by atoms with van der Waals surface area (Å²) in [6, 6.07) is 8.88. The number of nitrogens with one attached hydrogen (secondary N) is 1. The zero-order chi connectivity index (χ0) is 12.5. The van der Waals surface area contributed by atoms with Gasteiger partial charge in [-0.25, -0.2) is 0 Å². The van der Waals surface area contributed by atoms with Crippen LogP contribution in [0.5, 0.6) is 0 Å². The Morgan fingerprint density at radius 3 is 2.65 bits per heavy atom. The summed E-state index contributed by atoms with van der Waals surface area (Å²) in [5.41, 5.74) is 1.52. The van der Waals surface area contributed by atoms with Crippen molar-refractivity contribution in [3.63, 3.8) is 0 Å². The number of carbonyl (C=O) groups is 1. The molecule has 0 aliphatic heterocycles. The average molecular weight is 226 g/mol. The Hall–Kier alpha value is -2.26. The quantitative estimate of drug-likeness (QED) is 0.802. The van der Waals surface area contributed by atoms with Crippen molar-refractivity contribution in [1.29, 1.82) is 5.26 Å². The molecule has 86 valence electrons. The predicted octanol–water partition coefficient (Wildman–Crippen LogP) is 2.69. The first-order valence-corrected chi connectivity index (χ1v) is 5.56. The van der Waals surface area contributed by atoms with Crippen LogP contribution in [0.25, 0.3) is 0 Å². The van der Waals surface area contributed by atoms with Crippen LogP contribution >= 0.6 is 0 Å². The number of rotatable bonds is 4. The van der Waals surface area contributed by atoms with Gasteiger partial charge in [0.1, 0.15) is 0 Å². The number of benzene rings is 1. The molecular formula is C14H14N2O. The molecule has 0 spiro atoms. The lowest BCUT2D eigenvalue weighted by Gasteiger charge is -2.04. The van der Waals surface area contributed by atoms with Crippen LogP contribution in [0.4, 0.5) is 5.69 Å². The zero-order valence-corrected chi connectivity index (χ0v) is 9.79. The monoisotopic (exact) mass is 226 g/mol. The minimum absolute atomic E-state index is 0.0303. The zero-order valence-electron chi connectivity index (χ0n) is 9.79. The third-order valence-electron chi connectivity index (χ3n) is 2.19. The van der Waals surface area contributed by atoms with Gasteiger partial charge in [0.05, 0.1) is 0 Å². The molecule has 0 aromatic heterocycles. The first kappa shape index (κ1) is 12.8. The van der Waals surface area contributed by atoms with Crippen molar-refractivity contribution in [2.45, 2.75) is 26.2 Å². The van der Waals surface area contributed by atoms with Crippen LogP contribution in [0.15, 0.2) is 24.3 Å². The predicted molar refractivity (Wildman–Crippen MR) is 67.1 cm³/mol. The second-order valence-electron chi connectivity index (χ2n) is 3.59. The van der Waals surface area contributed by atoms with E-state index in [4.69, 9.17) is 5.26 Å². The van der Waals surface area contributed by atoms with E-state index < -0.39 is 0 Å². The maximum Gasteiger partial charge on any atom is 0.224 e. The van der Waals surface area contributed by atoms with Crippen LogP contribution in [-0.2, 0) is 4.79 Å². The molecule has 0 aliphatic carbocycles. The molecule has 1 amide bonds. The lowest BCUT2D eigenvalue weighted by molar-refractivity contribution is -0.116. The molecule has 0 aliphatic rings. The van der Waals surface area contributed by atoms with Gasteiger partial charge < -0.3 is 5.32 Å². The van der Waals surface area contributed by atoms with Gasteiger partial charge in [-0.1, -0.05) is 19.3 Å². The fraction of sp³-hybridized carbons (Fsp3) is 0.286. The highest BCUT2D eigenvalue weighted by atomic mass is 16.1. The maximum absolute atomic E-state index is 11.4. The lowest BCUT2D eigenvalue weighted by atomic mass is 10.2. The SMILES string of the molecule is CCCCC(=O)Nc1ccc(C#CC#N)cc1. The number of hydrogen-bond donors (Lipinski definition) is 1. The summed E-state index contributed by atoms with van der Waals surface area (Å²) in [6.45, 7) is 2.05. The number of carbonyl (C=O) groups excluding carboxylic acids is 1. The lowest BCUT2D eigenvalue weighted by Crippen LogP contribution is -2.10. The Balaban J connectivity index is 2.57. The standard InChI is InChI=1S/C14H14N2O/c1-2-3-6-14(17)16-13-9-7-12(8-10-13)5-4-11-15/h7-10H,2-3,6H2,1H3,(H,16,17). The van der Waals surface area contributed by atoms with Gasteiger partial charge in [0.15, 0.2) is 6.07 Å². The molecule has 0 fully saturated rings. The molecule has 3 nitrogen and oxygen atoms in total. The molecule has 1 aromatic carbocycles. The van der Waals surface area contributed by atoms with Crippen molar-refractivity contribution in [3.8, 4) is 17.9 Å². The summed E-state index contributed by atoms with van der Waals surface area (Å²) < 4.78 is 0. The first-order valence-electron chi connectivity index (χ1n) is 5.56. The van der Waals surface area contributed by atoms with Crippen LogP contribution in [-0.4, -0.2) is 5.91 Å². The van der Waals surface area contributed by atoms with Crippen LogP contribution in [0.2, 0.25) is 0 Å². The highest BCUT2D eigenvalue weighted by molar-refractivity contribution is 5.90. The van der Waals surface area contributed by atoms with Gasteiger partial charge in [-0.15, -0.1) is 0 Å². The van der Waals surface area contributed by atoms with E-state index in [1.165, 1.54) is 0 Å². The average Bonchev–Trinajstić information content (AvgIpc) is 2.35. The van der Waals surface area contributed by atoms with E-state index in [1.807, 2.05) is 0 Å². The topological polar surface area (TPSA) is 52.9 Å². The fourth-order valence-corrected chi connectivity index (χ4v) is 1.30. The molecule has 1 rings (SSSR count). The van der Waals surface area contributed by atoms with Gasteiger partial charge in [-0.05, 0) is 30.7 Å². The smallest absolute Gasteiger partial charge is 0.224 e. The van der Waals surface area contributed by atoms with E-state index in [0.717, 1.165) is 24.1 Å². The van der Waals surface area contributed by atoms with E-state index in [9.17, 15) is 4.79 Å². The molecule has 0 saturated heterocycles. The van der Waals surface area contributed by atoms with E-state index in [1.54, 1.807) is 30.3 Å². The van der Waals surface area contributed by atoms with Crippen molar-refractivity contribution in [1.82, 2.24) is 0 Å². The van der Waals surface area contributed by atoms with Crippen molar-refractivity contribution >= 4 is 11.6 Å². The normalized spacial score (nSPS) is 8.71. The van der Waals surface area contributed by atoms with Gasteiger partial charge in [0.2, 0.25) is 5.91 Å². The Bertz CT molecular complexity index is 472. The second kappa shape index (κ2) is 7.09. The van der Waals surface area contributed by atoms with E-state index >= 15 is 0 Å². The Kier molecular flexibility index (Phi) is 5.34. The molecule has 1 aromatic rings. The minimum atomic E-state index is 0.0303. The number of hydrogen-bond acceptors (Lipinski definition) is 2. The van der Waals surface area contributed by atoms with Crippen molar-refractivity contribution < 1.29 is 4.79 Å². The summed E-state index contributed by atoms with van der Waals surface area (Å²) in [6.07, 6.45) is 2.46. The third kappa shape index (κ3) is 4.86. The number of unbranched alkanes of at least 4 members (excludes halogenated alkanes) is 1. The first-order chi connectivity index (χ1) is 8.26. The molecule has 0 bridgehead atoms. The highest BCUT2D eigenvalue weighted by Crippen LogP contribution is 2.09. The van der Waals surface area contributed by atoms with Crippen molar-refractivity contribution in [3.05, 3.63) is 29.8 Å². The molecule has 3 heteroatoms. The van der Waals surface area contributed by atoms with Gasteiger partial charge in [0, 0.05) is 23.6 Å². The van der Waals surface area contributed by atoms with Crippen molar-refractivity contribution in [2.24, 2.45) is 0 Å². The van der Waals surface area contributed by atoms with Gasteiger partial charge >= 0.3 is 0 Å².